The first-order valence-corrected chi connectivity index (χ1v) is 9.35. The molecule has 0 aliphatic heterocycles. The molecular weight excluding hydrogens is 370 g/mol. The molecule has 0 unspecified atom stereocenters. The zero-order chi connectivity index (χ0) is 19.7. The van der Waals surface area contributed by atoms with Gasteiger partial charge >= 0.3 is 5.69 Å². The second kappa shape index (κ2) is 7.47. The van der Waals surface area contributed by atoms with Gasteiger partial charge in [-0.1, -0.05) is 11.8 Å². The maximum absolute atomic E-state index is 12.3. The summed E-state index contributed by atoms with van der Waals surface area (Å²) in [5.41, 5.74) is -0.132. The van der Waals surface area contributed by atoms with Crippen molar-refractivity contribution < 1.29 is 9.21 Å². The van der Waals surface area contributed by atoms with Gasteiger partial charge in [0.1, 0.15) is 11.5 Å². The van der Waals surface area contributed by atoms with Gasteiger partial charge in [-0.2, -0.15) is 0 Å². The van der Waals surface area contributed by atoms with E-state index in [0.29, 0.717) is 35.3 Å². The number of nitrogens with one attached hydrogen (secondary N) is 1. The summed E-state index contributed by atoms with van der Waals surface area (Å²) in [4.78, 5) is 40.7. The number of rotatable bonds is 6. The van der Waals surface area contributed by atoms with E-state index in [1.807, 2.05) is 19.1 Å². The molecule has 0 aromatic carbocycles. The van der Waals surface area contributed by atoms with E-state index in [2.05, 4.69) is 10.3 Å². The number of hydrogen-bond donors (Lipinski definition) is 1. The van der Waals surface area contributed by atoms with Gasteiger partial charge in [-0.15, -0.1) is 0 Å². The molecule has 144 valence electrons. The Labute approximate surface area is 159 Å². The standard InChI is InChI=1S/C17H21N5O4S/c1-10-5-6-11(26-10)9-18-12(23)7-8-27-16-19-13-14(20(16)2)21(3)17(25)22(4)15(13)24/h5-6H,7-9H2,1-4H3,(H,18,23). The summed E-state index contributed by atoms with van der Waals surface area (Å²) in [6.07, 6.45) is 0.296. The number of aromatic nitrogens is 4. The van der Waals surface area contributed by atoms with Gasteiger partial charge in [0.2, 0.25) is 5.91 Å². The number of thioether (sulfide) groups is 1. The third-order valence-electron chi connectivity index (χ3n) is 4.24. The highest BCUT2D eigenvalue weighted by Gasteiger charge is 2.17. The number of amides is 1. The molecule has 0 aliphatic carbocycles. The van der Waals surface area contributed by atoms with Crippen molar-refractivity contribution in [1.29, 1.82) is 0 Å². The molecule has 0 aliphatic rings. The molecular formula is C17H21N5O4S. The average molecular weight is 391 g/mol. The zero-order valence-corrected chi connectivity index (χ0v) is 16.4. The number of fused-ring (bicyclic) bond motifs is 1. The lowest BCUT2D eigenvalue weighted by atomic mass is 10.4. The molecule has 0 atom stereocenters. The highest BCUT2D eigenvalue weighted by atomic mass is 32.2. The number of carbonyl (C=O) groups is 1. The molecule has 1 amide bonds. The van der Waals surface area contributed by atoms with Gasteiger partial charge in [0, 0.05) is 33.3 Å². The molecule has 3 rings (SSSR count). The highest BCUT2D eigenvalue weighted by Crippen LogP contribution is 2.20. The Morgan fingerprint density at radius 1 is 1.19 bits per heavy atom. The molecule has 9 nitrogen and oxygen atoms in total. The smallest absolute Gasteiger partial charge is 0.332 e. The molecule has 3 heterocycles. The topological polar surface area (TPSA) is 104 Å². The first-order valence-electron chi connectivity index (χ1n) is 8.37. The summed E-state index contributed by atoms with van der Waals surface area (Å²) in [5, 5.41) is 3.38. The van der Waals surface area contributed by atoms with Crippen LogP contribution in [0, 0.1) is 6.92 Å². The van der Waals surface area contributed by atoms with Crippen LogP contribution in [-0.4, -0.2) is 30.3 Å². The number of hydrogen-bond acceptors (Lipinski definition) is 6. The maximum Gasteiger partial charge on any atom is 0.332 e. The molecule has 3 aromatic heterocycles. The fourth-order valence-electron chi connectivity index (χ4n) is 2.78. The fraction of sp³-hybridized carbons (Fsp3) is 0.412. The Hall–Kier alpha value is -2.75. The number of carbonyl (C=O) groups excluding carboxylic acids is 1. The lowest BCUT2D eigenvalue weighted by Crippen LogP contribution is -2.37. The summed E-state index contributed by atoms with van der Waals surface area (Å²) in [6, 6.07) is 3.68. The van der Waals surface area contributed by atoms with Crippen LogP contribution in [0.1, 0.15) is 17.9 Å². The molecule has 27 heavy (non-hydrogen) atoms. The van der Waals surface area contributed by atoms with Crippen molar-refractivity contribution in [2.75, 3.05) is 5.75 Å². The van der Waals surface area contributed by atoms with Crippen LogP contribution in [0.25, 0.3) is 11.2 Å². The number of furan rings is 1. The summed E-state index contributed by atoms with van der Waals surface area (Å²) < 4.78 is 9.54. The Kier molecular flexibility index (Phi) is 5.26. The van der Waals surface area contributed by atoms with Crippen LogP contribution in [0.2, 0.25) is 0 Å². The van der Waals surface area contributed by atoms with Crippen molar-refractivity contribution in [2.45, 2.75) is 25.0 Å². The predicted molar refractivity (Wildman–Crippen MR) is 102 cm³/mol. The van der Waals surface area contributed by atoms with Gasteiger partial charge in [-0.25, -0.2) is 9.78 Å². The van der Waals surface area contributed by atoms with Gasteiger partial charge in [0.05, 0.1) is 6.54 Å². The minimum absolute atomic E-state index is 0.0985. The van der Waals surface area contributed by atoms with Gasteiger partial charge < -0.3 is 14.3 Å². The summed E-state index contributed by atoms with van der Waals surface area (Å²) in [5.74, 6) is 1.91. The molecule has 0 radical (unpaired) electrons. The molecule has 10 heteroatoms. The zero-order valence-electron chi connectivity index (χ0n) is 15.6. The second-order valence-electron chi connectivity index (χ2n) is 6.22. The van der Waals surface area contributed by atoms with E-state index in [9.17, 15) is 14.4 Å². The van der Waals surface area contributed by atoms with Crippen molar-refractivity contribution in [3.63, 3.8) is 0 Å². The average Bonchev–Trinajstić information content (AvgIpc) is 3.20. The third kappa shape index (κ3) is 3.70. The molecule has 0 saturated carbocycles. The van der Waals surface area contributed by atoms with Crippen LogP contribution in [0.4, 0.5) is 0 Å². The minimum Gasteiger partial charge on any atom is -0.465 e. The Balaban J connectivity index is 1.65. The van der Waals surface area contributed by atoms with Crippen LogP contribution in [0.15, 0.2) is 31.3 Å². The fourth-order valence-corrected chi connectivity index (χ4v) is 3.68. The number of nitrogens with zero attached hydrogens (tertiary/aromatic N) is 4. The Bertz CT molecular complexity index is 1120. The Morgan fingerprint density at radius 3 is 2.59 bits per heavy atom. The van der Waals surface area contributed by atoms with Crippen LogP contribution < -0.4 is 16.6 Å². The van der Waals surface area contributed by atoms with Crippen LogP contribution >= 0.6 is 11.8 Å². The van der Waals surface area contributed by atoms with E-state index >= 15 is 0 Å². The first kappa shape index (κ1) is 19.0. The van der Waals surface area contributed by atoms with Crippen molar-refractivity contribution in [3.05, 3.63) is 44.5 Å². The molecule has 3 aromatic rings. The minimum atomic E-state index is -0.429. The van der Waals surface area contributed by atoms with Gasteiger partial charge in [-0.05, 0) is 19.1 Å². The maximum atomic E-state index is 12.3. The number of imidazole rings is 1. The summed E-state index contributed by atoms with van der Waals surface area (Å²) in [6.45, 7) is 2.20. The van der Waals surface area contributed by atoms with Crippen LogP contribution in [0.3, 0.4) is 0 Å². The first-order chi connectivity index (χ1) is 12.8. The highest BCUT2D eigenvalue weighted by molar-refractivity contribution is 7.99. The Morgan fingerprint density at radius 2 is 1.93 bits per heavy atom. The van der Waals surface area contributed by atoms with E-state index in [0.717, 1.165) is 10.3 Å². The molecule has 0 spiro atoms. The molecule has 0 fully saturated rings. The molecule has 0 saturated heterocycles. The second-order valence-corrected chi connectivity index (χ2v) is 7.28. The van der Waals surface area contributed by atoms with Crippen molar-refractivity contribution in [1.82, 2.24) is 24.0 Å². The summed E-state index contributed by atoms with van der Waals surface area (Å²) in [7, 11) is 4.77. The van der Waals surface area contributed by atoms with E-state index < -0.39 is 11.2 Å². The van der Waals surface area contributed by atoms with Gasteiger partial charge in [0.15, 0.2) is 16.3 Å². The van der Waals surface area contributed by atoms with Crippen molar-refractivity contribution >= 4 is 28.8 Å². The monoisotopic (exact) mass is 391 g/mol. The van der Waals surface area contributed by atoms with E-state index in [4.69, 9.17) is 4.42 Å². The summed E-state index contributed by atoms with van der Waals surface area (Å²) >= 11 is 1.36. The lowest BCUT2D eigenvalue weighted by molar-refractivity contribution is -0.120. The SMILES string of the molecule is Cc1ccc(CNC(=O)CCSc2nc3c(=O)n(C)c(=O)n(C)c3n2C)o1. The van der Waals surface area contributed by atoms with Gasteiger partial charge in [-0.3, -0.25) is 18.7 Å². The lowest BCUT2D eigenvalue weighted by Gasteiger charge is -2.06. The van der Waals surface area contributed by atoms with Crippen LogP contribution in [-0.2, 0) is 32.5 Å². The van der Waals surface area contributed by atoms with Crippen LogP contribution in [0.5, 0.6) is 0 Å². The number of aryl methyl sites for hydroxylation is 3. The van der Waals surface area contributed by atoms with Crippen molar-refractivity contribution in [2.24, 2.45) is 21.1 Å². The van der Waals surface area contributed by atoms with Crippen molar-refractivity contribution in [3.8, 4) is 0 Å². The van der Waals surface area contributed by atoms with E-state index in [-0.39, 0.29) is 11.4 Å². The van der Waals surface area contributed by atoms with E-state index in [1.165, 1.54) is 23.4 Å². The third-order valence-corrected chi connectivity index (χ3v) is 5.27. The molecule has 1 N–H and O–H groups in total. The predicted octanol–water partition coefficient (Wildman–Crippen LogP) is 0.671. The largest absolute Gasteiger partial charge is 0.465 e. The van der Waals surface area contributed by atoms with E-state index in [1.54, 1.807) is 18.7 Å². The quantitative estimate of drug-likeness (QED) is 0.620. The molecule has 0 bridgehead atoms. The van der Waals surface area contributed by atoms with Gasteiger partial charge in [0.25, 0.3) is 5.56 Å². The normalized spacial score (nSPS) is 11.3.